The average molecular weight is 340 g/mol. The molecule has 3 N–H and O–H groups in total. The Balaban J connectivity index is 1.95. The van der Waals surface area contributed by atoms with Gasteiger partial charge in [-0.3, -0.25) is 9.59 Å². The zero-order chi connectivity index (χ0) is 16.7. The highest BCUT2D eigenvalue weighted by Crippen LogP contribution is 2.22. The van der Waals surface area contributed by atoms with Crippen molar-refractivity contribution in [2.24, 2.45) is 5.92 Å². The lowest BCUT2D eigenvalue weighted by Gasteiger charge is -2.22. The number of amides is 2. The van der Waals surface area contributed by atoms with E-state index < -0.39 is 0 Å². The number of hydrogen-bond donors (Lipinski definition) is 3. The van der Waals surface area contributed by atoms with Gasteiger partial charge in [0, 0.05) is 25.9 Å². The molecule has 1 fully saturated rings. The van der Waals surface area contributed by atoms with Crippen molar-refractivity contribution >= 4 is 29.1 Å². The van der Waals surface area contributed by atoms with Crippen LogP contribution in [0.2, 0.25) is 5.02 Å². The van der Waals surface area contributed by atoms with Crippen LogP contribution in [0.15, 0.2) is 18.2 Å². The average Bonchev–Trinajstić information content (AvgIpc) is 2.56. The first-order valence-electron chi connectivity index (χ1n) is 7.70. The summed E-state index contributed by atoms with van der Waals surface area (Å²) in [4.78, 5) is 24.2. The fourth-order valence-corrected chi connectivity index (χ4v) is 2.73. The maximum atomic E-state index is 12.2. The molecule has 2 rings (SSSR count). The van der Waals surface area contributed by atoms with Gasteiger partial charge in [0.2, 0.25) is 5.91 Å². The van der Waals surface area contributed by atoms with Gasteiger partial charge in [-0.1, -0.05) is 11.6 Å². The summed E-state index contributed by atoms with van der Waals surface area (Å²) in [5.41, 5.74) is 0.971. The van der Waals surface area contributed by atoms with E-state index in [2.05, 4.69) is 16.0 Å². The van der Waals surface area contributed by atoms with Gasteiger partial charge in [0.25, 0.3) is 5.91 Å². The number of rotatable bonds is 6. The van der Waals surface area contributed by atoms with Crippen LogP contribution in [-0.2, 0) is 9.53 Å². The molecule has 6 nitrogen and oxygen atoms in total. The number of hydrogen-bond acceptors (Lipinski definition) is 4. The van der Waals surface area contributed by atoms with Crippen LogP contribution in [0.25, 0.3) is 0 Å². The van der Waals surface area contributed by atoms with Crippen LogP contribution in [0.3, 0.4) is 0 Å². The maximum absolute atomic E-state index is 12.2. The molecule has 0 aliphatic carbocycles. The van der Waals surface area contributed by atoms with E-state index in [-0.39, 0.29) is 17.7 Å². The number of carbonyl (C=O) groups excluding carboxylic acids is 2. The van der Waals surface area contributed by atoms with Gasteiger partial charge in [0.1, 0.15) is 0 Å². The van der Waals surface area contributed by atoms with Crippen molar-refractivity contribution < 1.29 is 14.3 Å². The summed E-state index contributed by atoms with van der Waals surface area (Å²) in [5, 5.41) is 9.08. The van der Waals surface area contributed by atoms with Gasteiger partial charge in [-0.25, -0.2) is 0 Å². The number of ether oxygens (including phenoxy) is 1. The minimum Gasteiger partial charge on any atom is -0.383 e. The van der Waals surface area contributed by atoms with Crippen molar-refractivity contribution in [2.75, 3.05) is 38.7 Å². The molecule has 126 valence electrons. The summed E-state index contributed by atoms with van der Waals surface area (Å²) >= 11 is 6.15. The van der Waals surface area contributed by atoms with Crippen LogP contribution < -0.4 is 16.0 Å². The van der Waals surface area contributed by atoms with Gasteiger partial charge in [0.15, 0.2) is 0 Å². The van der Waals surface area contributed by atoms with Crippen molar-refractivity contribution in [1.29, 1.82) is 0 Å². The molecule has 1 heterocycles. The predicted octanol–water partition coefficient (Wildman–Crippen LogP) is 1.65. The zero-order valence-corrected chi connectivity index (χ0v) is 13.9. The van der Waals surface area contributed by atoms with Gasteiger partial charge in [0.05, 0.1) is 23.1 Å². The maximum Gasteiger partial charge on any atom is 0.252 e. The van der Waals surface area contributed by atoms with Gasteiger partial charge in [-0.15, -0.1) is 0 Å². The van der Waals surface area contributed by atoms with E-state index in [1.165, 1.54) is 0 Å². The van der Waals surface area contributed by atoms with E-state index in [4.69, 9.17) is 16.3 Å². The Kier molecular flexibility index (Phi) is 6.83. The van der Waals surface area contributed by atoms with Gasteiger partial charge in [-0.2, -0.15) is 0 Å². The van der Waals surface area contributed by atoms with Crippen LogP contribution in [0.4, 0.5) is 5.69 Å². The first-order valence-corrected chi connectivity index (χ1v) is 8.08. The third kappa shape index (κ3) is 5.20. The molecule has 1 aliphatic heterocycles. The molecule has 1 aromatic carbocycles. The number of benzene rings is 1. The van der Waals surface area contributed by atoms with Crippen molar-refractivity contribution in [1.82, 2.24) is 10.6 Å². The summed E-state index contributed by atoms with van der Waals surface area (Å²) in [5.74, 6) is -0.313. The van der Waals surface area contributed by atoms with Crippen LogP contribution >= 0.6 is 11.6 Å². The molecule has 0 aromatic heterocycles. The Morgan fingerprint density at radius 3 is 2.91 bits per heavy atom. The normalized spacial score (nSPS) is 17.6. The number of nitrogens with one attached hydrogen (secondary N) is 3. The zero-order valence-electron chi connectivity index (χ0n) is 13.2. The number of methoxy groups -OCH3 is 1. The van der Waals surface area contributed by atoms with Gasteiger partial charge >= 0.3 is 0 Å². The number of piperidine rings is 1. The van der Waals surface area contributed by atoms with Crippen LogP contribution in [0, 0.1) is 5.92 Å². The second-order valence-electron chi connectivity index (χ2n) is 5.48. The monoisotopic (exact) mass is 339 g/mol. The molecule has 0 bridgehead atoms. The van der Waals surface area contributed by atoms with Crippen molar-refractivity contribution in [3.63, 3.8) is 0 Å². The molecule has 0 saturated carbocycles. The quantitative estimate of drug-likeness (QED) is 0.689. The van der Waals surface area contributed by atoms with Crippen molar-refractivity contribution in [2.45, 2.75) is 12.8 Å². The van der Waals surface area contributed by atoms with Gasteiger partial charge < -0.3 is 20.7 Å². The molecule has 1 atom stereocenters. The van der Waals surface area contributed by atoms with Crippen molar-refractivity contribution in [3.05, 3.63) is 28.8 Å². The summed E-state index contributed by atoms with van der Waals surface area (Å²) < 4.78 is 4.88. The molecule has 0 radical (unpaired) electrons. The van der Waals surface area contributed by atoms with E-state index in [0.29, 0.717) is 36.0 Å². The SMILES string of the molecule is COCCNC(=O)c1ccc(NC(=O)C2CCCNC2)cc1Cl. The Morgan fingerprint density at radius 1 is 1.43 bits per heavy atom. The third-order valence-electron chi connectivity index (χ3n) is 3.74. The molecule has 2 amide bonds. The van der Waals surface area contributed by atoms with E-state index in [0.717, 1.165) is 19.4 Å². The van der Waals surface area contributed by atoms with Crippen molar-refractivity contribution in [3.8, 4) is 0 Å². The molecule has 1 unspecified atom stereocenters. The number of halogens is 1. The molecule has 23 heavy (non-hydrogen) atoms. The first kappa shape index (κ1) is 17.7. The highest BCUT2D eigenvalue weighted by Gasteiger charge is 2.21. The van der Waals surface area contributed by atoms with E-state index >= 15 is 0 Å². The van der Waals surface area contributed by atoms with E-state index in [1.54, 1.807) is 25.3 Å². The lowest BCUT2D eigenvalue weighted by molar-refractivity contribution is -0.120. The number of carbonyl (C=O) groups is 2. The fraction of sp³-hybridized carbons (Fsp3) is 0.500. The third-order valence-corrected chi connectivity index (χ3v) is 4.05. The van der Waals surface area contributed by atoms with E-state index in [9.17, 15) is 9.59 Å². The summed E-state index contributed by atoms with van der Waals surface area (Å²) in [6.07, 6.45) is 1.88. The predicted molar refractivity (Wildman–Crippen MR) is 89.9 cm³/mol. The largest absolute Gasteiger partial charge is 0.383 e. The van der Waals surface area contributed by atoms with Crippen LogP contribution in [0.5, 0.6) is 0 Å². The highest BCUT2D eigenvalue weighted by molar-refractivity contribution is 6.34. The molecular weight excluding hydrogens is 318 g/mol. The molecule has 1 aliphatic rings. The molecule has 1 saturated heterocycles. The smallest absolute Gasteiger partial charge is 0.252 e. The fourth-order valence-electron chi connectivity index (χ4n) is 2.46. The topological polar surface area (TPSA) is 79.5 Å². The van der Waals surface area contributed by atoms with Gasteiger partial charge in [-0.05, 0) is 37.6 Å². The highest BCUT2D eigenvalue weighted by atomic mass is 35.5. The Labute approximate surface area is 140 Å². The second-order valence-corrected chi connectivity index (χ2v) is 5.88. The first-order chi connectivity index (χ1) is 11.1. The van der Waals surface area contributed by atoms with E-state index in [1.807, 2.05) is 0 Å². The standard InChI is InChI=1S/C16H22ClN3O3/c1-23-8-7-19-16(22)13-5-4-12(9-14(13)17)20-15(21)11-3-2-6-18-10-11/h4-5,9,11,18H,2-3,6-8,10H2,1H3,(H,19,22)(H,20,21). The minimum atomic E-state index is -0.263. The Morgan fingerprint density at radius 2 is 2.26 bits per heavy atom. The molecule has 1 aromatic rings. The molecular formula is C16H22ClN3O3. The lowest BCUT2D eigenvalue weighted by atomic mass is 9.99. The molecule has 7 heteroatoms. The second kappa shape index (κ2) is 8.86. The lowest BCUT2D eigenvalue weighted by Crippen LogP contribution is -2.37. The summed E-state index contributed by atoms with van der Waals surface area (Å²) in [6.45, 7) is 2.51. The number of anilines is 1. The summed E-state index contributed by atoms with van der Waals surface area (Å²) in [7, 11) is 1.57. The molecule has 0 spiro atoms. The Hall–Kier alpha value is -1.63. The minimum absolute atomic E-state index is 0.0226. The summed E-state index contributed by atoms with van der Waals surface area (Å²) in [6, 6.07) is 4.89. The Bertz CT molecular complexity index is 560. The van der Waals surface area contributed by atoms with Crippen LogP contribution in [-0.4, -0.2) is 45.2 Å². The van der Waals surface area contributed by atoms with Crippen LogP contribution in [0.1, 0.15) is 23.2 Å².